The summed E-state index contributed by atoms with van der Waals surface area (Å²) in [4.78, 5) is 44.6. The number of halogens is 2. The molecule has 1 saturated carbocycles. The Morgan fingerprint density at radius 3 is 2.29 bits per heavy atom. The number of likely N-dealkylation sites (tertiary alicyclic amines) is 1. The molecule has 8 nitrogen and oxygen atoms in total. The molecule has 2 aliphatic heterocycles. The van der Waals surface area contributed by atoms with Crippen molar-refractivity contribution in [3.05, 3.63) is 68.7 Å². The molecule has 0 spiro atoms. The molecule has 3 fully saturated rings. The minimum atomic E-state index is -0.875. The number of carboxylic acid groups (broad SMARTS) is 1. The molecule has 3 unspecified atom stereocenters. The molecule has 2 heterocycles. The lowest BCUT2D eigenvalue weighted by Gasteiger charge is -2.48. The van der Waals surface area contributed by atoms with Crippen LogP contribution in [0.2, 0.25) is 10.0 Å². The van der Waals surface area contributed by atoms with Gasteiger partial charge in [0, 0.05) is 37.8 Å². The molecule has 5 rings (SSSR count). The summed E-state index contributed by atoms with van der Waals surface area (Å²) in [5.74, 6) is 0.0352. The average molecular weight is 616 g/mol. The number of carbonyl (C=O) groups excluding carboxylic acids is 2. The lowest BCUT2D eigenvalue weighted by Crippen LogP contribution is -2.59. The van der Waals surface area contributed by atoms with Gasteiger partial charge < -0.3 is 25.1 Å². The van der Waals surface area contributed by atoms with E-state index in [2.05, 4.69) is 26.1 Å². The zero-order valence-electron chi connectivity index (χ0n) is 24.9. The van der Waals surface area contributed by atoms with E-state index >= 15 is 0 Å². The Hall–Kier alpha value is -2.81. The molecular weight excluding hydrogens is 575 g/mol. The molecule has 2 aromatic carbocycles. The van der Waals surface area contributed by atoms with Gasteiger partial charge in [-0.3, -0.25) is 9.59 Å². The van der Waals surface area contributed by atoms with Crippen LogP contribution in [0.5, 0.6) is 0 Å². The van der Waals surface area contributed by atoms with E-state index in [9.17, 15) is 19.5 Å². The fourth-order valence-electron chi connectivity index (χ4n) is 7.40. The smallest absolute Gasteiger partial charge is 0.407 e. The van der Waals surface area contributed by atoms with Gasteiger partial charge in [0.1, 0.15) is 0 Å². The van der Waals surface area contributed by atoms with Crippen LogP contribution in [0.25, 0.3) is 0 Å². The van der Waals surface area contributed by atoms with Gasteiger partial charge in [-0.1, -0.05) is 67.2 Å². The fourth-order valence-corrected chi connectivity index (χ4v) is 7.71. The second-order valence-electron chi connectivity index (χ2n) is 13.2. The van der Waals surface area contributed by atoms with Gasteiger partial charge in [0.25, 0.3) is 5.91 Å². The number of fused-ring (bicyclic) bond motifs is 2. The van der Waals surface area contributed by atoms with Crippen LogP contribution in [-0.2, 0) is 4.79 Å². The Balaban J connectivity index is 1.33. The summed E-state index contributed by atoms with van der Waals surface area (Å²) in [6.07, 6.45) is 0.592. The topological polar surface area (TPSA) is 93.2 Å². The SMILES string of the molecule is Cc1cc(C)cc(C(=O)N2CCN(C(=O)CNC3CC4(C(C)(C)C)CC3CN4C(=O)O)[C@H](c3ccc(Cl)c(Cl)c3)C2)c1. The number of benzene rings is 2. The predicted octanol–water partition coefficient (Wildman–Crippen LogP) is 5.78. The average Bonchev–Trinajstić information content (AvgIpc) is 3.50. The second kappa shape index (κ2) is 11.4. The van der Waals surface area contributed by atoms with E-state index in [1.165, 1.54) is 0 Å². The maximum Gasteiger partial charge on any atom is 0.407 e. The molecule has 0 aromatic heterocycles. The van der Waals surface area contributed by atoms with Gasteiger partial charge >= 0.3 is 6.09 Å². The molecule has 226 valence electrons. The number of aryl methyl sites for hydroxylation is 2. The van der Waals surface area contributed by atoms with Crippen molar-refractivity contribution in [1.82, 2.24) is 20.0 Å². The second-order valence-corrected chi connectivity index (χ2v) is 14.0. The molecule has 2 saturated heterocycles. The molecule has 4 atom stereocenters. The summed E-state index contributed by atoms with van der Waals surface area (Å²) in [5, 5.41) is 14.2. The van der Waals surface area contributed by atoms with E-state index in [0.29, 0.717) is 48.2 Å². The largest absolute Gasteiger partial charge is 0.465 e. The quantitative estimate of drug-likeness (QED) is 0.445. The van der Waals surface area contributed by atoms with Gasteiger partial charge in [-0.2, -0.15) is 0 Å². The van der Waals surface area contributed by atoms with Gasteiger partial charge in [-0.15, -0.1) is 0 Å². The first-order chi connectivity index (χ1) is 19.7. The zero-order valence-corrected chi connectivity index (χ0v) is 26.4. The van der Waals surface area contributed by atoms with Gasteiger partial charge in [0.2, 0.25) is 5.91 Å². The number of piperidine rings is 1. The van der Waals surface area contributed by atoms with Crippen molar-refractivity contribution < 1.29 is 19.5 Å². The van der Waals surface area contributed by atoms with Crippen LogP contribution in [-0.4, -0.2) is 82.0 Å². The third-order valence-electron chi connectivity index (χ3n) is 9.59. The summed E-state index contributed by atoms with van der Waals surface area (Å²) in [6, 6.07) is 10.9. The summed E-state index contributed by atoms with van der Waals surface area (Å²) in [6.45, 7) is 12.0. The van der Waals surface area contributed by atoms with Crippen LogP contribution in [0, 0.1) is 25.2 Å². The first-order valence-corrected chi connectivity index (χ1v) is 15.3. The number of hydrogen-bond donors (Lipinski definition) is 2. The highest BCUT2D eigenvalue weighted by Crippen LogP contribution is 2.55. The fraction of sp³-hybridized carbons (Fsp3) is 0.531. The van der Waals surface area contributed by atoms with Crippen LogP contribution in [0.4, 0.5) is 4.79 Å². The highest BCUT2D eigenvalue weighted by molar-refractivity contribution is 6.42. The highest BCUT2D eigenvalue weighted by Gasteiger charge is 2.62. The van der Waals surface area contributed by atoms with E-state index in [0.717, 1.165) is 23.1 Å². The number of carbonyl (C=O) groups is 3. The van der Waals surface area contributed by atoms with Gasteiger partial charge in [-0.05, 0) is 67.9 Å². The molecular formula is C32H40Cl2N4O4. The van der Waals surface area contributed by atoms with Crippen molar-refractivity contribution >= 4 is 41.1 Å². The number of nitrogens with zero attached hydrogens (tertiary/aromatic N) is 3. The van der Waals surface area contributed by atoms with Crippen LogP contribution in [0.15, 0.2) is 36.4 Å². The molecule has 2 bridgehead atoms. The number of nitrogens with one attached hydrogen (secondary N) is 1. The third-order valence-corrected chi connectivity index (χ3v) is 10.3. The van der Waals surface area contributed by atoms with Crippen molar-refractivity contribution in [1.29, 1.82) is 0 Å². The van der Waals surface area contributed by atoms with Crippen molar-refractivity contribution in [3.8, 4) is 0 Å². The lowest BCUT2D eigenvalue weighted by atomic mass is 9.72. The van der Waals surface area contributed by atoms with E-state index in [4.69, 9.17) is 23.2 Å². The molecule has 3 aliphatic rings. The summed E-state index contributed by atoms with van der Waals surface area (Å²) in [5.41, 5.74) is 2.84. The van der Waals surface area contributed by atoms with Crippen molar-refractivity contribution in [2.75, 3.05) is 32.7 Å². The van der Waals surface area contributed by atoms with E-state index in [-0.39, 0.29) is 41.8 Å². The van der Waals surface area contributed by atoms with Crippen LogP contribution in [0.1, 0.15) is 66.7 Å². The predicted molar refractivity (Wildman–Crippen MR) is 164 cm³/mol. The van der Waals surface area contributed by atoms with Crippen LogP contribution >= 0.6 is 23.2 Å². The molecule has 2 aromatic rings. The summed E-state index contributed by atoms with van der Waals surface area (Å²) < 4.78 is 0. The first-order valence-electron chi connectivity index (χ1n) is 14.6. The number of amides is 3. The summed E-state index contributed by atoms with van der Waals surface area (Å²) >= 11 is 12.6. The number of rotatable bonds is 5. The van der Waals surface area contributed by atoms with Crippen LogP contribution < -0.4 is 5.32 Å². The van der Waals surface area contributed by atoms with Crippen LogP contribution in [0.3, 0.4) is 0 Å². The normalized spacial score (nSPS) is 25.7. The van der Waals surface area contributed by atoms with Crippen molar-refractivity contribution in [2.45, 2.75) is 65.1 Å². The Kier molecular flexibility index (Phi) is 8.29. The summed E-state index contributed by atoms with van der Waals surface area (Å²) in [7, 11) is 0. The molecule has 3 amide bonds. The Bertz CT molecular complexity index is 1390. The van der Waals surface area contributed by atoms with Gasteiger partial charge in [0.15, 0.2) is 0 Å². The molecule has 42 heavy (non-hydrogen) atoms. The number of piperazine rings is 1. The molecule has 2 N–H and O–H groups in total. The Morgan fingerprint density at radius 2 is 1.67 bits per heavy atom. The zero-order chi connectivity index (χ0) is 30.6. The standard InChI is InChI=1S/C32H40Cl2N4O4/c1-19-10-20(2)12-22(11-19)29(40)36-8-9-37(27(18-36)21-6-7-24(33)25(34)13-21)28(39)16-35-26-15-32(31(3,4)5)14-23(26)17-38(32)30(41)42/h6-7,10-13,23,26-27,35H,8-9,14-18H2,1-5H3,(H,41,42)/t23?,26?,27-,32?/m0/s1. The minimum absolute atomic E-state index is 0.0552. The highest BCUT2D eigenvalue weighted by atomic mass is 35.5. The molecule has 0 radical (unpaired) electrons. The third kappa shape index (κ3) is 5.61. The van der Waals surface area contributed by atoms with Crippen molar-refractivity contribution in [3.63, 3.8) is 0 Å². The van der Waals surface area contributed by atoms with E-state index < -0.39 is 11.6 Å². The van der Waals surface area contributed by atoms with Gasteiger partial charge in [0.05, 0.1) is 28.2 Å². The molecule has 1 aliphatic carbocycles. The monoisotopic (exact) mass is 614 g/mol. The van der Waals surface area contributed by atoms with E-state index in [1.54, 1.807) is 17.0 Å². The maximum absolute atomic E-state index is 13.8. The maximum atomic E-state index is 13.8. The Morgan fingerprint density at radius 1 is 0.976 bits per heavy atom. The number of hydrogen-bond acceptors (Lipinski definition) is 4. The minimum Gasteiger partial charge on any atom is -0.465 e. The Labute approximate surface area is 257 Å². The molecule has 10 heteroatoms. The van der Waals surface area contributed by atoms with Gasteiger partial charge in [-0.25, -0.2) is 4.79 Å². The first kappa shape index (κ1) is 30.6. The van der Waals surface area contributed by atoms with E-state index in [1.807, 2.05) is 47.9 Å². The lowest BCUT2D eigenvalue weighted by molar-refractivity contribution is -0.135. The van der Waals surface area contributed by atoms with Crippen molar-refractivity contribution in [2.24, 2.45) is 11.3 Å².